The molecular weight excluding hydrogens is 669 g/mol. The summed E-state index contributed by atoms with van der Waals surface area (Å²) in [5.74, 6) is 0.0376. The Morgan fingerprint density at radius 2 is 0.759 bits per heavy atom. The second kappa shape index (κ2) is 43.0. The predicted octanol–water partition coefficient (Wildman–Crippen LogP) is 14.0. The molecule has 0 aromatic carbocycles. The maximum absolute atomic E-state index is 12.8. The van der Waals surface area contributed by atoms with Gasteiger partial charge in [0, 0.05) is 12.8 Å². The summed E-state index contributed by atoms with van der Waals surface area (Å²) in [7, 11) is 4.33. The Bertz CT molecular complexity index is 760. The third-order valence-electron chi connectivity index (χ3n) is 11.1. The molecule has 54 heavy (non-hydrogen) atoms. The Labute approximate surface area is 338 Å². The maximum atomic E-state index is 12.8. The van der Waals surface area contributed by atoms with Crippen LogP contribution in [0.3, 0.4) is 0 Å². The highest BCUT2D eigenvalue weighted by atomic mass is 16.5. The van der Waals surface area contributed by atoms with Crippen LogP contribution in [0.1, 0.15) is 245 Å². The zero-order valence-electron chi connectivity index (χ0n) is 37.4. The number of hydrogen-bond donors (Lipinski definition) is 0. The monoisotopic (exact) mass is 765 g/mol. The van der Waals surface area contributed by atoms with Crippen molar-refractivity contribution < 1.29 is 19.1 Å². The largest absolute Gasteiger partial charge is 0.466 e. The van der Waals surface area contributed by atoms with Gasteiger partial charge in [0.05, 0.1) is 6.61 Å². The van der Waals surface area contributed by atoms with E-state index in [0.29, 0.717) is 19.4 Å². The smallest absolute Gasteiger partial charge is 0.306 e. The first-order valence-corrected chi connectivity index (χ1v) is 24.1. The minimum Gasteiger partial charge on any atom is -0.466 e. The number of esters is 2. The van der Waals surface area contributed by atoms with Crippen molar-refractivity contribution >= 4 is 11.9 Å². The van der Waals surface area contributed by atoms with E-state index >= 15 is 0 Å². The van der Waals surface area contributed by atoms with Gasteiger partial charge in [0.15, 0.2) is 0 Å². The number of unbranched alkanes of at least 4 members (excludes halogenated alkanes) is 25. The van der Waals surface area contributed by atoms with Crippen molar-refractivity contribution in [2.45, 2.75) is 252 Å². The molecule has 0 aromatic heterocycles. The number of ether oxygens (including phenoxy) is 2. The van der Waals surface area contributed by atoms with Crippen LogP contribution in [-0.2, 0) is 19.1 Å². The molecule has 0 saturated carbocycles. The highest BCUT2D eigenvalue weighted by molar-refractivity contribution is 5.69. The van der Waals surface area contributed by atoms with Crippen LogP contribution in [0.2, 0.25) is 0 Å². The molecule has 0 unspecified atom stereocenters. The Morgan fingerprint density at radius 3 is 1.22 bits per heavy atom. The van der Waals surface area contributed by atoms with Crippen LogP contribution in [0.25, 0.3) is 0 Å². The van der Waals surface area contributed by atoms with E-state index in [1.807, 2.05) is 0 Å². The van der Waals surface area contributed by atoms with E-state index in [9.17, 15) is 9.59 Å². The van der Waals surface area contributed by atoms with Gasteiger partial charge in [-0.3, -0.25) is 9.59 Å². The van der Waals surface area contributed by atoms with Crippen molar-refractivity contribution in [3.8, 4) is 0 Å². The van der Waals surface area contributed by atoms with E-state index in [-0.39, 0.29) is 18.0 Å². The molecule has 0 bridgehead atoms. The number of carbonyl (C=O) groups is 2. The first kappa shape index (κ1) is 52.9. The average molecular weight is 765 g/mol. The predicted molar refractivity (Wildman–Crippen MR) is 234 cm³/mol. The van der Waals surface area contributed by atoms with E-state index in [1.54, 1.807) is 0 Å². The fourth-order valence-corrected chi connectivity index (χ4v) is 7.50. The summed E-state index contributed by atoms with van der Waals surface area (Å²) in [6.45, 7) is 12.1. The summed E-state index contributed by atoms with van der Waals surface area (Å²) >= 11 is 0. The van der Waals surface area contributed by atoms with Gasteiger partial charge >= 0.3 is 11.9 Å². The topological polar surface area (TPSA) is 59.1 Å². The number of nitrogens with zero attached hydrogens (tertiary/aromatic N) is 2. The van der Waals surface area contributed by atoms with Crippen molar-refractivity contribution in [1.82, 2.24) is 9.80 Å². The molecule has 0 atom stereocenters. The second-order valence-electron chi connectivity index (χ2n) is 17.0. The van der Waals surface area contributed by atoms with Crippen LogP contribution in [0, 0.1) is 0 Å². The van der Waals surface area contributed by atoms with Gasteiger partial charge in [0.2, 0.25) is 0 Å². The molecule has 6 heteroatoms. The lowest BCUT2D eigenvalue weighted by Gasteiger charge is -2.23. The molecule has 0 N–H and O–H groups in total. The fourth-order valence-electron chi connectivity index (χ4n) is 7.50. The Balaban J connectivity index is 4.22. The molecule has 0 aliphatic rings. The fraction of sp³-hybridized carbons (Fsp3) is 0.958. The molecule has 0 fully saturated rings. The van der Waals surface area contributed by atoms with Crippen LogP contribution in [-0.4, -0.2) is 74.7 Å². The van der Waals surface area contributed by atoms with Gasteiger partial charge in [-0.25, -0.2) is 0 Å². The molecule has 6 nitrogen and oxygen atoms in total. The van der Waals surface area contributed by atoms with E-state index < -0.39 is 0 Å². The minimum absolute atomic E-state index is 0.00365. The number of rotatable bonds is 44. The average Bonchev–Trinajstić information content (AvgIpc) is 3.15. The lowest BCUT2D eigenvalue weighted by atomic mass is 10.0. The quantitative estimate of drug-likeness (QED) is 0.0455. The Morgan fingerprint density at radius 1 is 0.407 bits per heavy atom. The molecular formula is C48H96N2O4. The van der Waals surface area contributed by atoms with Gasteiger partial charge in [-0.1, -0.05) is 162 Å². The minimum atomic E-state index is -0.00365. The molecule has 0 spiro atoms. The summed E-state index contributed by atoms with van der Waals surface area (Å²) in [4.78, 5) is 29.9. The summed E-state index contributed by atoms with van der Waals surface area (Å²) in [6.07, 6.45) is 41.8. The summed E-state index contributed by atoms with van der Waals surface area (Å²) in [5, 5.41) is 0. The van der Waals surface area contributed by atoms with Crippen molar-refractivity contribution in [3.63, 3.8) is 0 Å². The second-order valence-corrected chi connectivity index (χ2v) is 17.0. The first-order valence-electron chi connectivity index (χ1n) is 24.1. The molecule has 0 aliphatic carbocycles. The Hall–Kier alpha value is -1.14. The normalized spacial score (nSPS) is 11.7. The molecule has 0 amide bonds. The Kier molecular flexibility index (Phi) is 42.1. The zero-order valence-corrected chi connectivity index (χ0v) is 37.4. The first-order chi connectivity index (χ1) is 26.4. The lowest BCUT2D eigenvalue weighted by Crippen LogP contribution is -2.28. The number of carbonyl (C=O) groups excluding carboxylic acids is 2. The van der Waals surface area contributed by atoms with Crippen LogP contribution < -0.4 is 0 Å². The number of hydrogen-bond acceptors (Lipinski definition) is 6. The van der Waals surface area contributed by atoms with Gasteiger partial charge in [0.1, 0.15) is 6.10 Å². The van der Waals surface area contributed by atoms with Crippen molar-refractivity contribution in [2.75, 3.05) is 46.9 Å². The lowest BCUT2D eigenvalue weighted by molar-refractivity contribution is -0.150. The summed E-state index contributed by atoms with van der Waals surface area (Å²) in [5.41, 5.74) is 0. The molecule has 0 saturated heterocycles. The van der Waals surface area contributed by atoms with E-state index in [2.05, 4.69) is 44.7 Å². The van der Waals surface area contributed by atoms with Gasteiger partial charge in [-0.05, 0) is 111 Å². The molecule has 322 valence electrons. The highest BCUT2D eigenvalue weighted by Crippen LogP contribution is 2.19. The molecule has 0 rings (SSSR count). The van der Waals surface area contributed by atoms with Crippen molar-refractivity contribution in [3.05, 3.63) is 0 Å². The standard InChI is InChI=1S/C48H96N2O4/c1-6-9-12-15-18-27-36-45-53-47(51)39-30-23-19-25-32-42-50(44-35-34-41-49(4)5)43-33-26-20-24-31-40-48(52)54-46(37-28-21-16-13-10-7-2)38-29-22-17-14-11-8-3/h46H,6-45H2,1-5H3. The van der Waals surface area contributed by atoms with Crippen LogP contribution in [0.15, 0.2) is 0 Å². The van der Waals surface area contributed by atoms with E-state index in [4.69, 9.17) is 9.47 Å². The SMILES string of the molecule is CCCCCCCCCOC(=O)CCCCCCCN(CCCCCCCC(=O)OC(CCCCCCCC)CCCCCCCC)CCCCN(C)C. The maximum Gasteiger partial charge on any atom is 0.306 e. The van der Waals surface area contributed by atoms with Crippen molar-refractivity contribution in [2.24, 2.45) is 0 Å². The van der Waals surface area contributed by atoms with Gasteiger partial charge in [0.25, 0.3) is 0 Å². The van der Waals surface area contributed by atoms with E-state index in [0.717, 1.165) is 51.5 Å². The summed E-state index contributed by atoms with van der Waals surface area (Å²) in [6, 6.07) is 0. The summed E-state index contributed by atoms with van der Waals surface area (Å²) < 4.78 is 11.5. The molecule has 0 radical (unpaired) electrons. The molecule has 0 heterocycles. The van der Waals surface area contributed by atoms with Crippen LogP contribution >= 0.6 is 0 Å². The third kappa shape index (κ3) is 40.5. The van der Waals surface area contributed by atoms with E-state index in [1.165, 1.54) is 187 Å². The van der Waals surface area contributed by atoms with Crippen LogP contribution in [0.5, 0.6) is 0 Å². The highest BCUT2D eigenvalue weighted by Gasteiger charge is 2.14. The third-order valence-corrected chi connectivity index (χ3v) is 11.1. The molecule has 0 aromatic rings. The molecule has 0 aliphatic heterocycles. The van der Waals surface area contributed by atoms with Gasteiger partial charge in [-0.2, -0.15) is 0 Å². The van der Waals surface area contributed by atoms with Gasteiger partial charge < -0.3 is 19.3 Å². The van der Waals surface area contributed by atoms with Crippen molar-refractivity contribution in [1.29, 1.82) is 0 Å². The van der Waals surface area contributed by atoms with Crippen LogP contribution in [0.4, 0.5) is 0 Å². The van der Waals surface area contributed by atoms with Gasteiger partial charge in [-0.15, -0.1) is 0 Å². The zero-order chi connectivity index (χ0) is 39.6.